The van der Waals surface area contributed by atoms with Crippen LogP contribution in [0.15, 0.2) is 48.5 Å². The number of carbonyl (C=O) groups is 2. The van der Waals surface area contributed by atoms with Gasteiger partial charge >= 0.3 is 0 Å². The van der Waals surface area contributed by atoms with Crippen LogP contribution in [0.1, 0.15) is 23.0 Å². The van der Waals surface area contributed by atoms with Crippen molar-refractivity contribution >= 4 is 35.0 Å². The van der Waals surface area contributed by atoms with Gasteiger partial charge in [-0.3, -0.25) is 9.59 Å². The molecule has 0 unspecified atom stereocenters. The molecule has 0 saturated carbocycles. The minimum Gasteiger partial charge on any atom is -0.369 e. The second-order valence-corrected chi connectivity index (χ2v) is 5.74. The normalized spacial score (nSPS) is 13.4. The predicted octanol–water partition coefficient (Wildman–Crippen LogP) is 2.83. The van der Waals surface area contributed by atoms with Crippen molar-refractivity contribution in [2.45, 2.75) is 11.8 Å². The Kier molecular flexibility index (Phi) is 5.06. The zero-order valence-corrected chi connectivity index (χ0v) is 13.0. The van der Waals surface area contributed by atoms with E-state index in [4.69, 9.17) is 34.7 Å². The first-order chi connectivity index (χ1) is 10.4. The number of primary amides is 2. The summed E-state index contributed by atoms with van der Waals surface area (Å²) in [6, 6.07) is 13.2. The quantitative estimate of drug-likeness (QED) is 0.879. The molecule has 0 aliphatic carbocycles. The molecule has 0 radical (unpaired) electrons. The van der Waals surface area contributed by atoms with E-state index in [1.807, 2.05) is 0 Å². The maximum absolute atomic E-state index is 11.9. The first-order valence-corrected chi connectivity index (χ1v) is 7.25. The molecule has 2 atom stereocenters. The van der Waals surface area contributed by atoms with Gasteiger partial charge in [-0.15, -0.1) is 0 Å². The Balaban J connectivity index is 2.51. The van der Waals surface area contributed by atoms with Crippen molar-refractivity contribution in [3.8, 4) is 0 Å². The lowest BCUT2D eigenvalue weighted by atomic mass is 9.80. The molecule has 2 amide bonds. The van der Waals surface area contributed by atoms with Gasteiger partial charge in [0.15, 0.2) is 0 Å². The molecular formula is C16H14Cl2N2O2. The van der Waals surface area contributed by atoms with E-state index in [2.05, 4.69) is 0 Å². The number of hydrogen-bond acceptors (Lipinski definition) is 2. The average molecular weight is 337 g/mol. The van der Waals surface area contributed by atoms with Crippen molar-refractivity contribution in [2.75, 3.05) is 0 Å². The molecule has 6 heteroatoms. The van der Waals surface area contributed by atoms with Crippen LogP contribution in [-0.2, 0) is 9.59 Å². The molecule has 0 aliphatic heterocycles. The molecule has 0 saturated heterocycles. The van der Waals surface area contributed by atoms with E-state index < -0.39 is 23.7 Å². The lowest BCUT2D eigenvalue weighted by Crippen LogP contribution is -2.34. The number of benzene rings is 2. The lowest BCUT2D eigenvalue weighted by Gasteiger charge is -2.23. The van der Waals surface area contributed by atoms with Crippen molar-refractivity contribution < 1.29 is 9.59 Å². The molecule has 2 aromatic rings. The van der Waals surface area contributed by atoms with Gasteiger partial charge in [0, 0.05) is 10.0 Å². The highest BCUT2D eigenvalue weighted by Gasteiger charge is 2.33. The fraction of sp³-hybridized carbons (Fsp3) is 0.125. The van der Waals surface area contributed by atoms with Gasteiger partial charge in [0.2, 0.25) is 11.8 Å². The van der Waals surface area contributed by atoms with Gasteiger partial charge in [-0.05, 0) is 35.4 Å². The minimum absolute atomic E-state index is 0.522. The lowest BCUT2D eigenvalue weighted by molar-refractivity contribution is -0.126. The van der Waals surface area contributed by atoms with E-state index in [-0.39, 0.29) is 0 Å². The average Bonchev–Trinajstić information content (AvgIpc) is 2.46. The topological polar surface area (TPSA) is 86.2 Å². The molecule has 2 aromatic carbocycles. The van der Waals surface area contributed by atoms with Crippen LogP contribution in [0.3, 0.4) is 0 Å². The molecule has 4 N–H and O–H groups in total. The number of rotatable bonds is 5. The van der Waals surface area contributed by atoms with E-state index >= 15 is 0 Å². The van der Waals surface area contributed by atoms with Gasteiger partial charge in [-0.2, -0.15) is 0 Å². The number of carbonyl (C=O) groups excluding carboxylic acids is 2. The molecule has 0 heterocycles. The van der Waals surface area contributed by atoms with Gasteiger partial charge < -0.3 is 11.5 Å². The molecule has 0 spiro atoms. The molecule has 0 fully saturated rings. The van der Waals surface area contributed by atoms with Crippen LogP contribution < -0.4 is 11.5 Å². The maximum atomic E-state index is 11.9. The van der Waals surface area contributed by atoms with E-state index in [0.717, 1.165) is 0 Å². The van der Waals surface area contributed by atoms with Gasteiger partial charge in [0.25, 0.3) is 0 Å². The SMILES string of the molecule is NC(=O)[C@@H](c1ccc(Cl)cc1)[C@@H](C(N)=O)c1ccc(Cl)cc1. The molecule has 4 nitrogen and oxygen atoms in total. The van der Waals surface area contributed by atoms with Gasteiger partial charge in [-0.25, -0.2) is 0 Å². The molecule has 2 rings (SSSR count). The van der Waals surface area contributed by atoms with Gasteiger partial charge in [0.1, 0.15) is 0 Å². The van der Waals surface area contributed by atoms with Crippen LogP contribution >= 0.6 is 23.2 Å². The van der Waals surface area contributed by atoms with Crippen LogP contribution in [0.4, 0.5) is 0 Å². The van der Waals surface area contributed by atoms with E-state index in [1.54, 1.807) is 48.5 Å². The first-order valence-electron chi connectivity index (χ1n) is 6.49. The molecule has 0 aliphatic rings. The second-order valence-electron chi connectivity index (χ2n) is 4.86. The highest BCUT2D eigenvalue weighted by atomic mass is 35.5. The molecule has 0 bridgehead atoms. The van der Waals surface area contributed by atoms with Crippen LogP contribution in [0, 0.1) is 0 Å². The summed E-state index contributed by atoms with van der Waals surface area (Å²) in [5.41, 5.74) is 12.2. The van der Waals surface area contributed by atoms with Crippen LogP contribution in [-0.4, -0.2) is 11.8 Å². The van der Waals surface area contributed by atoms with Crippen molar-refractivity contribution in [1.29, 1.82) is 0 Å². The van der Waals surface area contributed by atoms with Crippen LogP contribution in [0.25, 0.3) is 0 Å². The van der Waals surface area contributed by atoms with Crippen molar-refractivity contribution in [3.63, 3.8) is 0 Å². The minimum atomic E-state index is -0.879. The zero-order valence-electron chi connectivity index (χ0n) is 11.5. The van der Waals surface area contributed by atoms with Crippen molar-refractivity contribution in [3.05, 3.63) is 69.7 Å². The maximum Gasteiger partial charge on any atom is 0.226 e. The summed E-state index contributed by atoms with van der Waals surface area (Å²) in [6.07, 6.45) is 0. The Morgan fingerprint density at radius 1 is 0.682 bits per heavy atom. The Bertz CT molecular complexity index is 623. The number of halogens is 2. The molecule has 22 heavy (non-hydrogen) atoms. The summed E-state index contributed by atoms with van der Waals surface area (Å²) in [4.78, 5) is 23.9. The van der Waals surface area contributed by atoms with Gasteiger partial charge in [-0.1, -0.05) is 47.5 Å². The highest BCUT2D eigenvalue weighted by molar-refractivity contribution is 6.30. The Hall–Kier alpha value is -2.04. The van der Waals surface area contributed by atoms with Crippen LogP contribution in [0.2, 0.25) is 10.0 Å². The summed E-state index contributed by atoms with van der Waals surface area (Å²) in [7, 11) is 0. The third-order valence-electron chi connectivity index (χ3n) is 3.40. The molecule has 0 aromatic heterocycles. The first kappa shape index (κ1) is 16.3. The van der Waals surface area contributed by atoms with E-state index in [9.17, 15) is 9.59 Å². The van der Waals surface area contributed by atoms with E-state index in [1.165, 1.54) is 0 Å². The fourth-order valence-electron chi connectivity index (χ4n) is 2.38. The summed E-state index contributed by atoms with van der Waals surface area (Å²) >= 11 is 11.7. The second kappa shape index (κ2) is 6.81. The van der Waals surface area contributed by atoms with Gasteiger partial charge in [0.05, 0.1) is 11.8 Å². The van der Waals surface area contributed by atoms with Crippen molar-refractivity contribution in [1.82, 2.24) is 0 Å². The van der Waals surface area contributed by atoms with E-state index in [0.29, 0.717) is 21.2 Å². The Labute approximate surface area is 138 Å². The summed E-state index contributed by atoms with van der Waals surface area (Å²) in [6.45, 7) is 0. The van der Waals surface area contributed by atoms with Crippen LogP contribution in [0.5, 0.6) is 0 Å². The third-order valence-corrected chi connectivity index (χ3v) is 3.91. The molecule has 114 valence electrons. The predicted molar refractivity (Wildman–Crippen MR) is 86.8 cm³/mol. The molecular weight excluding hydrogens is 323 g/mol. The van der Waals surface area contributed by atoms with Crippen molar-refractivity contribution in [2.24, 2.45) is 11.5 Å². The fourth-order valence-corrected chi connectivity index (χ4v) is 2.63. The number of hydrogen-bond donors (Lipinski definition) is 2. The Morgan fingerprint density at radius 3 is 1.18 bits per heavy atom. The summed E-state index contributed by atoms with van der Waals surface area (Å²) < 4.78 is 0. The third kappa shape index (κ3) is 3.59. The zero-order chi connectivity index (χ0) is 16.3. The Morgan fingerprint density at radius 2 is 0.955 bits per heavy atom. The largest absolute Gasteiger partial charge is 0.369 e. The summed E-state index contributed by atoms with van der Waals surface area (Å²) in [5, 5.41) is 1.04. The smallest absolute Gasteiger partial charge is 0.226 e. The standard InChI is InChI=1S/C16H14Cl2N2O2/c17-11-5-1-9(2-6-11)13(15(19)21)14(16(20)22)10-3-7-12(18)8-4-10/h1-8,13-14H,(H2,19,21)(H2,20,22)/t13-,14-/m0/s1. The number of nitrogens with two attached hydrogens (primary N) is 2. The monoisotopic (exact) mass is 336 g/mol. The summed E-state index contributed by atoms with van der Waals surface area (Å²) in [5.74, 6) is -3.03. The number of amides is 2. The highest BCUT2D eigenvalue weighted by Crippen LogP contribution is 2.34.